The van der Waals surface area contributed by atoms with Gasteiger partial charge in [0.25, 0.3) is 0 Å². The van der Waals surface area contributed by atoms with Crippen LogP contribution >= 0.6 is 11.6 Å². The molecule has 1 aliphatic heterocycles. The Morgan fingerprint density at radius 3 is 2.50 bits per heavy atom. The summed E-state index contributed by atoms with van der Waals surface area (Å²) in [5.74, 6) is 0.145. The fourth-order valence-corrected chi connectivity index (χ4v) is 3.30. The van der Waals surface area contributed by atoms with Crippen molar-refractivity contribution < 1.29 is 14.7 Å². The van der Waals surface area contributed by atoms with E-state index < -0.39 is 17.7 Å². The highest BCUT2D eigenvalue weighted by Crippen LogP contribution is 2.23. The Labute approximate surface area is 156 Å². The smallest absolute Gasteiger partial charge is 0.434 e. The first kappa shape index (κ1) is 18.4. The minimum atomic E-state index is -0.621. The number of amides is 1. The standard InChI is InChI=1S/C18H22ClN3O4/c1-20-12-16(23)22(17(20)24)26-18(25)21-10-8-14(9-11-21)3-2-13-4-6-15(19)7-5-13/h4-7,12,14,23H,2-3,8-11H2,1H3. The lowest BCUT2D eigenvalue weighted by Crippen LogP contribution is -2.44. The van der Waals surface area contributed by atoms with Crippen molar-refractivity contribution in [2.45, 2.75) is 25.7 Å². The number of hydrogen-bond donors (Lipinski definition) is 1. The Kier molecular flexibility index (Phi) is 5.56. The molecule has 0 aliphatic carbocycles. The Balaban J connectivity index is 1.47. The second-order valence-electron chi connectivity index (χ2n) is 6.63. The highest BCUT2D eigenvalue weighted by Gasteiger charge is 2.25. The number of imidazole rings is 1. The van der Waals surface area contributed by atoms with Gasteiger partial charge in [0.15, 0.2) is 0 Å². The summed E-state index contributed by atoms with van der Waals surface area (Å²) < 4.78 is 1.75. The average Bonchev–Trinajstić information content (AvgIpc) is 2.88. The van der Waals surface area contributed by atoms with Crippen LogP contribution in [0, 0.1) is 5.92 Å². The molecule has 1 aromatic heterocycles. The molecule has 2 heterocycles. The summed E-state index contributed by atoms with van der Waals surface area (Å²) in [5.41, 5.74) is 0.656. The third kappa shape index (κ3) is 4.22. The van der Waals surface area contributed by atoms with Crippen LogP contribution < -0.4 is 10.5 Å². The van der Waals surface area contributed by atoms with Crippen LogP contribution in [0.3, 0.4) is 0 Å². The molecule has 1 aromatic carbocycles. The van der Waals surface area contributed by atoms with Gasteiger partial charge in [-0.15, -0.1) is 0 Å². The first-order chi connectivity index (χ1) is 12.4. The van der Waals surface area contributed by atoms with Crippen molar-refractivity contribution >= 4 is 17.7 Å². The van der Waals surface area contributed by atoms with Gasteiger partial charge in [0.2, 0.25) is 5.88 Å². The van der Waals surface area contributed by atoms with Gasteiger partial charge in [0.1, 0.15) is 0 Å². The zero-order valence-electron chi connectivity index (χ0n) is 14.6. The topological polar surface area (TPSA) is 76.7 Å². The molecule has 1 fully saturated rings. The summed E-state index contributed by atoms with van der Waals surface area (Å²) >= 11 is 5.90. The van der Waals surface area contributed by atoms with E-state index in [-0.39, 0.29) is 0 Å². The molecule has 26 heavy (non-hydrogen) atoms. The fraction of sp³-hybridized carbons (Fsp3) is 0.444. The molecule has 1 aliphatic rings. The van der Waals surface area contributed by atoms with E-state index in [9.17, 15) is 14.7 Å². The molecule has 0 unspecified atom stereocenters. The number of likely N-dealkylation sites (tertiary alicyclic amines) is 1. The summed E-state index contributed by atoms with van der Waals surface area (Å²) in [4.78, 5) is 30.6. The molecule has 1 saturated heterocycles. The van der Waals surface area contributed by atoms with Crippen molar-refractivity contribution in [2.75, 3.05) is 13.1 Å². The van der Waals surface area contributed by atoms with Crippen molar-refractivity contribution in [2.24, 2.45) is 13.0 Å². The number of aromatic hydroxyl groups is 1. The molecule has 0 saturated carbocycles. The van der Waals surface area contributed by atoms with Crippen LogP contribution in [0.15, 0.2) is 35.3 Å². The Morgan fingerprint density at radius 1 is 1.27 bits per heavy atom. The van der Waals surface area contributed by atoms with Gasteiger partial charge in [-0.05, 0) is 49.3 Å². The van der Waals surface area contributed by atoms with Gasteiger partial charge in [-0.1, -0.05) is 28.5 Å². The molecule has 1 amide bonds. The number of piperidine rings is 1. The summed E-state index contributed by atoms with van der Waals surface area (Å²) in [6.45, 7) is 1.15. The van der Waals surface area contributed by atoms with Crippen LogP contribution in [0.5, 0.6) is 5.88 Å². The lowest BCUT2D eigenvalue weighted by atomic mass is 9.91. The van der Waals surface area contributed by atoms with E-state index in [2.05, 4.69) is 0 Å². The van der Waals surface area contributed by atoms with E-state index in [1.807, 2.05) is 24.3 Å². The van der Waals surface area contributed by atoms with E-state index >= 15 is 0 Å². The second-order valence-corrected chi connectivity index (χ2v) is 7.06. The molecule has 7 nitrogen and oxygen atoms in total. The summed E-state index contributed by atoms with van der Waals surface area (Å²) in [5, 5.41) is 10.4. The third-order valence-electron chi connectivity index (χ3n) is 4.79. The molecule has 140 valence electrons. The predicted octanol–water partition coefficient (Wildman–Crippen LogP) is 2.44. The van der Waals surface area contributed by atoms with Gasteiger partial charge in [0, 0.05) is 25.2 Å². The predicted molar refractivity (Wildman–Crippen MR) is 97.4 cm³/mol. The van der Waals surface area contributed by atoms with E-state index in [4.69, 9.17) is 16.4 Å². The summed E-state index contributed by atoms with van der Waals surface area (Å²) in [7, 11) is 1.47. The number of carbonyl (C=O) groups is 1. The Bertz CT molecular complexity index is 820. The molecular formula is C18H22ClN3O4. The highest BCUT2D eigenvalue weighted by molar-refractivity contribution is 6.30. The van der Waals surface area contributed by atoms with Crippen molar-refractivity contribution in [3.63, 3.8) is 0 Å². The minimum absolute atomic E-state index is 0.399. The fourth-order valence-electron chi connectivity index (χ4n) is 3.17. The highest BCUT2D eigenvalue weighted by atomic mass is 35.5. The lowest BCUT2D eigenvalue weighted by Gasteiger charge is -2.31. The zero-order valence-corrected chi connectivity index (χ0v) is 15.4. The number of halogens is 1. The van der Waals surface area contributed by atoms with Crippen molar-refractivity contribution in [3.05, 3.63) is 51.5 Å². The van der Waals surface area contributed by atoms with E-state index in [0.29, 0.717) is 23.7 Å². The second kappa shape index (κ2) is 7.86. The SMILES string of the molecule is Cn1cc(O)n(OC(=O)N2CCC(CCc3ccc(Cl)cc3)CC2)c1=O. The first-order valence-electron chi connectivity index (χ1n) is 8.63. The quantitative estimate of drug-likeness (QED) is 0.885. The number of aromatic nitrogens is 2. The van der Waals surface area contributed by atoms with Crippen molar-refractivity contribution in [1.82, 2.24) is 14.2 Å². The van der Waals surface area contributed by atoms with Crippen LogP contribution in [0.25, 0.3) is 0 Å². The third-order valence-corrected chi connectivity index (χ3v) is 5.04. The van der Waals surface area contributed by atoms with Crippen LogP contribution in [-0.2, 0) is 13.5 Å². The molecule has 2 aromatic rings. The molecular weight excluding hydrogens is 358 g/mol. The molecule has 0 atom stereocenters. The van der Waals surface area contributed by atoms with Gasteiger partial charge in [0.05, 0.1) is 6.20 Å². The number of nitrogens with zero attached hydrogens (tertiary/aromatic N) is 3. The van der Waals surface area contributed by atoms with Gasteiger partial charge >= 0.3 is 11.8 Å². The molecule has 8 heteroatoms. The van der Waals surface area contributed by atoms with Gasteiger partial charge < -0.3 is 14.8 Å². The van der Waals surface area contributed by atoms with Gasteiger partial charge in [-0.3, -0.25) is 4.57 Å². The molecule has 0 radical (unpaired) electrons. The van der Waals surface area contributed by atoms with Crippen molar-refractivity contribution in [1.29, 1.82) is 0 Å². The molecule has 0 bridgehead atoms. The molecule has 0 spiro atoms. The van der Waals surface area contributed by atoms with E-state index in [1.54, 1.807) is 4.90 Å². The Morgan fingerprint density at radius 2 is 1.92 bits per heavy atom. The number of hydrogen-bond acceptors (Lipinski definition) is 4. The van der Waals surface area contributed by atoms with Crippen LogP contribution in [0.1, 0.15) is 24.8 Å². The lowest BCUT2D eigenvalue weighted by molar-refractivity contribution is 0.0675. The maximum absolute atomic E-state index is 12.2. The van der Waals surface area contributed by atoms with Crippen LogP contribution in [0.4, 0.5) is 4.79 Å². The monoisotopic (exact) mass is 379 g/mol. The average molecular weight is 380 g/mol. The largest absolute Gasteiger partial charge is 0.491 e. The first-order valence-corrected chi connectivity index (χ1v) is 9.01. The van der Waals surface area contributed by atoms with Gasteiger partial charge in [-0.2, -0.15) is 0 Å². The zero-order chi connectivity index (χ0) is 18.7. The minimum Gasteiger partial charge on any atom is -0.491 e. The number of carbonyl (C=O) groups excluding carboxylic acids is 1. The Hall–Kier alpha value is -2.41. The maximum atomic E-state index is 12.2. The molecule has 1 N–H and O–H groups in total. The van der Waals surface area contributed by atoms with E-state index in [1.165, 1.54) is 18.8 Å². The number of benzene rings is 1. The normalized spacial score (nSPS) is 15.2. The van der Waals surface area contributed by atoms with Crippen LogP contribution in [0.2, 0.25) is 5.02 Å². The van der Waals surface area contributed by atoms with Crippen molar-refractivity contribution in [3.8, 4) is 5.88 Å². The summed E-state index contributed by atoms with van der Waals surface area (Å²) in [6.07, 6.45) is 4.39. The van der Waals surface area contributed by atoms with Gasteiger partial charge in [-0.25, -0.2) is 9.59 Å². The number of aryl methyl sites for hydroxylation is 2. The van der Waals surface area contributed by atoms with Crippen LogP contribution in [-0.4, -0.2) is 38.5 Å². The maximum Gasteiger partial charge on any atom is 0.434 e. The summed E-state index contributed by atoms with van der Waals surface area (Å²) in [6, 6.07) is 7.88. The van der Waals surface area contributed by atoms with E-state index in [0.717, 1.165) is 35.3 Å². The molecule has 3 rings (SSSR count). The number of rotatable bonds is 4.